The van der Waals surface area contributed by atoms with Gasteiger partial charge in [0.25, 0.3) is 5.91 Å². The van der Waals surface area contributed by atoms with Crippen LogP contribution in [-0.2, 0) is 14.4 Å². The molecular formula is C12H15NO3. The average molecular weight is 221 g/mol. The maximum Gasteiger partial charge on any atom is 0.255 e. The van der Waals surface area contributed by atoms with Crippen LogP contribution in [0.15, 0.2) is 22.3 Å². The molecule has 0 radical (unpaired) electrons. The first-order valence-electron chi connectivity index (χ1n) is 5.17. The van der Waals surface area contributed by atoms with Crippen LogP contribution in [0.5, 0.6) is 0 Å². The fraction of sp³-hybridized carbons (Fsp3) is 0.417. The van der Waals surface area contributed by atoms with Crippen molar-refractivity contribution >= 4 is 17.5 Å². The maximum absolute atomic E-state index is 11.9. The first-order valence-corrected chi connectivity index (χ1v) is 5.17. The van der Waals surface area contributed by atoms with Gasteiger partial charge in [0, 0.05) is 23.3 Å². The van der Waals surface area contributed by atoms with E-state index in [9.17, 15) is 14.4 Å². The summed E-state index contributed by atoms with van der Waals surface area (Å²) in [6.07, 6.45) is 0. The number of carbonyl (C=O) groups excluding carboxylic acids is 3. The van der Waals surface area contributed by atoms with E-state index >= 15 is 0 Å². The van der Waals surface area contributed by atoms with Gasteiger partial charge in [-0.2, -0.15) is 0 Å². The number of amides is 1. The molecule has 4 nitrogen and oxygen atoms in total. The molecule has 4 heteroatoms. The molecule has 1 aliphatic rings. The van der Waals surface area contributed by atoms with E-state index in [4.69, 9.17) is 0 Å². The largest absolute Gasteiger partial charge is 0.352 e. The second-order valence-electron chi connectivity index (χ2n) is 3.77. The summed E-state index contributed by atoms with van der Waals surface area (Å²) in [5.74, 6) is -1.04. The molecule has 0 saturated heterocycles. The number of hydrogen-bond donors (Lipinski definition) is 1. The van der Waals surface area contributed by atoms with Gasteiger partial charge in [-0.3, -0.25) is 14.4 Å². The number of nitrogens with one attached hydrogen (secondary N) is 1. The lowest BCUT2D eigenvalue weighted by Crippen LogP contribution is -2.33. The lowest BCUT2D eigenvalue weighted by Gasteiger charge is -2.17. The van der Waals surface area contributed by atoms with Crippen molar-refractivity contribution in [3.63, 3.8) is 0 Å². The van der Waals surface area contributed by atoms with Gasteiger partial charge < -0.3 is 5.32 Å². The van der Waals surface area contributed by atoms with Crippen LogP contribution in [0, 0.1) is 0 Å². The Balaban J connectivity index is 3.24. The lowest BCUT2D eigenvalue weighted by atomic mass is 9.85. The molecule has 0 spiro atoms. The molecule has 0 aromatic rings. The highest BCUT2D eigenvalue weighted by molar-refractivity contribution is 6.34. The fourth-order valence-electron chi connectivity index (χ4n) is 1.62. The van der Waals surface area contributed by atoms with Crippen LogP contribution in [0.4, 0.5) is 0 Å². The Morgan fingerprint density at radius 2 is 1.50 bits per heavy atom. The average Bonchev–Trinajstić information content (AvgIpc) is 2.24. The number of carbonyl (C=O) groups is 3. The Bertz CT molecular complexity index is 441. The van der Waals surface area contributed by atoms with E-state index in [1.54, 1.807) is 20.8 Å². The number of rotatable bonds is 2. The van der Waals surface area contributed by atoms with Crippen LogP contribution in [0.25, 0.3) is 0 Å². The third kappa shape index (κ3) is 1.83. The van der Waals surface area contributed by atoms with Crippen molar-refractivity contribution in [1.29, 1.82) is 0 Å². The first kappa shape index (κ1) is 12.4. The quantitative estimate of drug-likeness (QED) is 0.557. The molecule has 1 amide bonds. The molecule has 0 unspecified atom stereocenters. The van der Waals surface area contributed by atoms with Crippen molar-refractivity contribution in [2.75, 3.05) is 6.54 Å². The summed E-state index contributed by atoms with van der Waals surface area (Å²) in [5.41, 5.74) is 1.00. The highest BCUT2D eigenvalue weighted by atomic mass is 16.2. The zero-order valence-corrected chi connectivity index (χ0v) is 9.93. The van der Waals surface area contributed by atoms with E-state index in [1.807, 2.05) is 0 Å². The van der Waals surface area contributed by atoms with Gasteiger partial charge in [0.05, 0.1) is 5.57 Å². The highest BCUT2D eigenvalue weighted by Crippen LogP contribution is 2.24. The van der Waals surface area contributed by atoms with Gasteiger partial charge in [0.15, 0.2) is 11.6 Å². The zero-order chi connectivity index (χ0) is 12.5. The number of Topliss-reactive ketones (excluding diaryl/α,β-unsaturated/α-hetero) is 2. The summed E-state index contributed by atoms with van der Waals surface area (Å²) in [4.78, 5) is 35.3. The van der Waals surface area contributed by atoms with Crippen molar-refractivity contribution in [2.24, 2.45) is 0 Å². The molecular weight excluding hydrogens is 206 g/mol. The standard InChI is InChI=1S/C12H15NO3/c1-5-13-12(16)9-8(4)10(14)6(2)7(3)11(9)15/h5H2,1-4H3,(H,13,16). The molecule has 0 aliphatic heterocycles. The Hall–Kier alpha value is -1.71. The predicted octanol–water partition coefficient (Wildman–Crippen LogP) is 0.927. The van der Waals surface area contributed by atoms with Gasteiger partial charge in [-0.1, -0.05) is 0 Å². The number of ketones is 2. The van der Waals surface area contributed by atoms with Crippen LogP contribution in [0.3, 0.4) is 0 Å². The number of hydrogen-bond acceptors (Lipinski definition) is 3. The summed E-state index contributed by atoms with van der Waals surface area (Å²) >= 11 is 0. The summed E-state index contributed by atoms with van der Waals surface area (Å²) in [6.45, 7) is 6.88. The molecule has 0 saturated carbocycles. The summed E-state index contributed by atoms with van der Waals surface area (Å²) in [5, 5.41) is 2.54. The van der Waals surface area contributed by atoms with Crippen molar-refractivity contribution < 1.29 is 14.4 Å². The van der Waals surface area contributed by atoms with E-state index in [2.05, 4.69) is 5.32 Å². The van der Waals surface area contributed by atoms with Crippen LogP contribution < -0.4 is 5.32 Å². The Morgan fingerprint density at radius 3 is 2.00 bits per heavy atom. The van der Waals surface area contributed by atoms with Gasteiger partial charge in [0.2, 0.25) is 0 Å². The first-order chi connectivity index (χ1) is 7.41. The molecule has 1 N–H and O–H groups in total. The highest BCUT2D eigenvalue weighted by Gasteiger charge is 2.31. The molecule has 0 aromatic heterocycles. The maximum atomic E-state index is 11.9. The molecule has 0 bridgehead atoms. The van der Waals surface area contributed by atoms with Crippen LogP contribution >= 0.6 is 0 Å². The van der Waals surface area contributed by atoms with Crippen LogP contribution in [0.1, 0.15) is 27.7 Å². The Labute approximate surface area is 94.4 Å². The second-order valence-corrected chi connectivity index (χ2v) is 3.77. The summed E-state index contributed by atoms with van der Waals surface area (Å²) < 4.78 is 0. The molecule has 1 aliphatic carbocycles. The van der Waals surface area contributed by atoms with E-state index in [-0.39, 0.29) is 22.7 Å². The topological polar surface area (TPSA) is 63.2 Å². The number of allylic oxidation sites excluding steroid dienone is 3. The molecule has 16 heavy (non-hydrogen) atoms. The van der Waals surface area contributed by atoms with Crippen LogP contribution in [0.2, 0.25) is 0 Å². The van der Waals surface area contributed by atoms with Gasteiger partial charge >= 0.3 is 0 Å². The Kier molecular flexibility index (Phi) is 3.42. The third-order valence-corrected chi connectivity index (χ3v) is 2.75. The normalized spacial score (nSPS) is 17.0. The molecule has 0 heterocycles. The minimum absolute atomic E-state index is 0.0186. The molecule has 0 atom stereocenters. The predicted molar refractivity (Wildman–Crippen MR) is 59.8 cm³/mol. The van der Waals surface area contributed by atoms with Gasteiger partial charge in [-0.15, -0.1) is 0 Å². The second kappa shape index (κ2) is 4.43. The van der Waals surface area contributed by atoms with Crippen molar-refractivity contribution in [3.05, 3.63) is 22.3 Å². The third-order valence-electron chi connectivity index (χ3n) is 2.75. The van der Waals surface area contributed by atoms with Gasteiger partial charge in [-0.25, -0.2) is 0 Å². The summed E-state index contributed by atoms with van der Waals surface area (Å²) in [6, 6.07) is 0. The van der Waals surface area contributed by atoms with Crippen molar-refractivity contribution in [2.45, 2.75) is 27.7 Å². The smallest absolute Gasteiger partial charge is 0.255 e. The van der Waals surface area contributed by atoms with Crippen LogP contribution in [-0.4, -0.2) is 24.0 Å². The minimum Gasteiger partial charge on any atom is -0.352 e. The van der Waals surface area contributed by atoms with Gasteiger partial charge in [-0.05, 0) is 27.7 Å². The Morgan fingerprint density at radius 1 is 1.00 bits per heavy atom. The molecule has 0 aromatic carbocycles. The lowest BCUT2D eigenvalue weighted by molar-refractivity contribution is -0.123. The monoisotopic (exact) mass is 221 g/mol. The molecule has 86 valence electrons. The van der Waals surface area contributed by atoms with E-state index in [0.717, 1.165) is 0 Å². The van der Waals surface area contributed by atoms with Crippen molar-refractivity contribution in [3.8, 4) is 0 Å². The van der Waals surface area contributed by atoms with E-state index < -0.39 is 5.91 Å². The van der Waals surface area contributed by atoms with E-state index in [1.165, 1.54) is 6.92 Å². The fourth-order valence-corrected chi connectivity index (χ4v) is 1.62. The van der Waals surface area contributed by atoms with Gasteiger partial charge in [0.1, 0.15) is 0 Å². The summed E-state index contributed by atoms with van der Waals surface area (Å²) in [7, 11) is 0. The SMILES string of the molecule is CCNC(=O)C1=C(C)C(=O)C(C)=C(C)C1=O. The molecule has 1 rings (SSSR count). The molecule has 0 fully saturated rings. The van der Waals surface area contributed by atoms with Crippen molar-refractivity contribution in [1.82, 2.24) is 5.32 Å². The number of likely N-dealkylation sites (N-methyl/N-ethyl adjacent to an activating group) is 1. The van der Waals surface area contributed by atoms with E-state index in [0.29, 0.717) is 17.7 Å². The zero-order valence-electron chi connectivity index (χ0n) is 9.93. The minimum atomic E-state index is -0.467.